The van der Waals surface area contributed by atoms with Crippen molar-refractivity contribution in [1.82, 2.24) is 5.32 Å². The monoisotopic (exact) mass is 195 g/mol. The number of rotatable bonds is 1. The summed E-state index contributed by atoms with van der Waals surface area (Å²) in [5.74, 6) is 0.771. The van der Waals surface area contributed by atoms with Gasteiger partial charge in [-0.2, -0.15) is 0 Å². The molecule has 1 fully saturated rings. The lowest BCUT2D eigenvalue weighted by atomic mass is 9.60. The maximum Gasteiger partial charge on any atom is 0.0177 e. The average Bonchev–Trinajstić information content (AvgIpc) is 2.03. The van der Waals surface area contributed by atoms with Crippen LogP contribution in [0.2, 0.25) is 0 Å². The summed E-state index contributed by atoms with van der Waals surface area (Å²) in [6.07, 6.45) is 2.43. The molecular formula is C13H25N. The molecule has 82 valence electrons. The molecule has 0 bridgehead atoms. The van der Waals surface area contributed by atoms with Crippen molar-refractivity contribution in [3.63, 3.8) is 0 Å². The van der Waals surface area contributed by atoms with Gasteiger partial charge >= 0.3 is 0 Å². The van der Waals surface area contributed by atoms with Crippen LogP contribution in [0.3, 0.4) is 0 Å². The quantitative estimate of drug-likeness (QED) is 0.674. The van der Waals surface area contributed by atoms with Crippen molar-refractivity contribution in [3.05, 3.63) is 12.3 Å². The van der Waals surface area contributed by atoms with Crippen LogP contribution in [-0.4, -0.2) is 6.54 Å². The highest BCUT2D eigenvalue weighted by Gasteiger charge is 2.40. The highest BCUT2D eigenvalue weighted by atomic mass is 14.9. The summed E-state index contributed by atoms with van der Waals surface area (Å²) >= 11 is 0. The fourth-order valence-corrected chi connectivity index (χ4v) is 2.03. The number of hydrogen-bond acceptors (Lipinski definition) is 1. The Morgan fingerprint density at radius 1 is 1.21 bits per heavy atom. The van der Waals surface area contributed by atoms with Gasteiger partial charge in [-0.1, -0.05) is 41.2 Å². The van der Waals surface area contributed by atoms with Crippen LogP contribution in [-0.2, 0) is 0 Å². The molecule has 1 heterocycles. The van der Waals surface area contributed by atoms with E-state index >= 15 is 0 Å². The number of allylic oxidation sites excluding steroid dienone is 1. The molecule has 1 heteroatoms. The molecule has 0 aromatic rings. The van der Waals surface area contributed by atoms with E-state index in [2.05, 4.69) is 46.5 Å². The van der Waals surface area contributed by atoms with Crippen molar-refractivity contribution < 1.29 is 0 Å². The number of piperidine rings is 1. The fourth-order valence-electron chi connectivity index (χ4n) is 2.03. The Bertz CT molecular complexity index is 210. The van der Waals surface area contributed by atoms with Crippen molar-refractivity contribution in [2.24, 2.45) is 16.7 Å². The first-order valence-corrected chi connectivity index (χ1v) is 5.67. The number of hydrogen-bond donors (Lipinski definition) is 1. The van der Waals surface area contributed by atoms with Gasteiger partial charge in [0.05, 0.1) is 0 Å². The lowest BCUT2D eigenvalue weighted by Crippen LogP contribution is -2.44. The summed E-state index contributed by atoms with van der Waals surface area (Å²) in [5.41, 5.74) is 1.98. The summed E-state index contributed by atoms with van der Waals surface area (Å²) < 4.78 is 0. The Morgan fingerprint density at radius 3 is 2.14 bits per heavy atom. The molecule has 1 atom stereocenters. The average molecular weight is 195 g/mol. The third-order valence-corrected chi connectivity index (χ3v) is 4.35. The van der Waals surface area contributed by atoms with Gasteiger partial charge in [0.25, 0.3) is 0 Å². The zero-order valence-corrected chi connectivity index (χ0v) is 10.4. The Kier molecular flexibility index (Phi) is 2.99. The predicted octanol–water partition coefficient (Wildman–Crippen LogP) is 3.57. The molecule has 1 nitrogen and oxygen atoms in total. The van der Waals surface area contributed by atoms with Gasteiger partial charge in [-0.25, -0.2) is 0 Å². The SMILES string of the molecule is C=C1CCC(C(C)(C)C(C)(C)C)CN1. The molecule has 1 unspecified atom stereocenters. The van der Waals surface area contributed by atoms with Gasteiger partial charge in [0.15, 0.2) is 0 Å². The molecule has 14 heavy (non-hydrogen) atoms. The Labute approximate surface area is 89.0 Å². The first-order chi connectivity index (χ1) is 6.25. The third-order valence-electron chi connectivity index (χ3n) is 4.35. The minimum atomic E-state index is 0.373. The van der Waals surface area contributed by atoms with Gasteiger partial charge in [-0.3, -0.25) is 0 Å². The third kappa shape index (κ3) is 2.13. The van der Waals surface area contributed by atoms with Crippen molar-refractivity contribution in [3.8, 4) is 0 Å². The second-order valence-electron chi connectivity index (χ2n) is 6.19. The molecule has 0 amide bonds. The summed E-state index contributed by atoms with van der Waals surface area (Å²) in [5, 5.41) is 3.42. The van der Waals surface area contributed by atoms with Gasteiger partial charge in [0.1, 0.15) is 0 Å². The Balaban J connectivity index is 2.69. The molecule has 0 aromatic carbocycles. The molecule has 0 spiro atoms. The minimum absolute atomic E-state index is 0.373. The van der Waals surface area contributed by atoms with Crippen LogP contribution in [0.15, 0.2) is 12.3 Å². The highest BCUT2D eigenvalue weighted by Crippen LogP contribution is 2.46. The van der Waals surface area contributed by atoms with E-state index in [0.29, 0.717) is 10.8 Å². The van der Waals surface area contributed by atoms with E-state index in [9.17, 15) is 0 Å². The molecule has 0 saturated carbocycles. The van der Waals surface area contributed by atoms with Crippen LogP contribution < -0.4 is 5.32 Å². The normalized spacial score (nSPS) is 24.6. The summed E-state index contributed by atoms with van der Waals surface area (Å²) in [6.45, 7) is 16.9. The summed E-state index contributed by atoms with van der Waals surface area (Å²) in [6, 6.07) is 0. The Hall–Kier alpha value is -0.460. The molecule has 1 N–H and O–H groups in total. The van der Waals surface area contributed by atoms with E-state index < -0.39 is 0 Å². The largest absolute Gasteiger partial charge is 0.389 e. The van der Waals surface area contributed by atoms with E-state index in [1.807, 2.05) is 0 Å². The molecule has 1 aliphatic heterocycles. The minimum Gasteiger partial charge on any atom is -0.389 e. The van der Waals surface area contributed by atoms with E-state index in [1.54, 1.807) is 0 Å². The molecule has 0 radical (unpaired) electrons. The van der Waals surface area contributed by atoms with Gasteiger partial charge in [0.2, 0.25) is 0 Å². The van der Waals surface area contributed by atoms with Crippen LogP contribution in [0.4, 0.5) is 0 Å². The molecule has 0 aromatic heterocycles. The molecule has 1 rings (SSSR count). The van der Waals surface area contributed by atoms with Crippen molar-refractivity contribution in [1.29, 1.82) is 0 Å². The van der Waals surface area contributed by atoms with Crippen molar-refractivity contribution >= 4 is 0 Å². The zero-order chi connectivity index (χ0) is 11.0. The van der Waals surface area contributed by atoms with Gasteiger partial charge in [0, 0.05) is 12.2 Å². The molecule has 0 aliphatic carbocycles. The molecule has 1 aliphatic rings. The number of nitrogens with one attached hydrogen (secondary N) is 1. The smallest absolute Gasteiger partial charge is 0.0177 e. The lowest BCUT2D eigenvalue weighted by Gasteiger charge is -2.47. The zero-order valence-electron chi connectivity index (χ0n) is 10.4. The van der Waals surface area contributed by atoms with Gasteiger partial charge < -0.3 is 5.32 Å². The summed E-state index contributed by atoms with van der Waals surface area (Å²) in [4.78, 5) is 0. The topological polar surface area (TPSA) is 12.0 Å². The maximum absolute atomic E-state index is 3.98. The van der Waals surface area contributed by atoms with Crippen LogP contribution in [0, 0.1) is 16.7 Å². The second-order valence-corrected chi connectivity index (χ2v) is 6.19. The first-order valence-electron chi connectivity index (χ1n) is 5.67. The fraction of sp³-hybridized carbons (Fsp3) is 0.846. The summed E-state index contributed by atoms with van der Waals surface area (Å²) in [7, 11) is 0. The van der Waals surface area contributed by atoms with Crippen molar-refractivity contribution in [2.75, 3.05) is 6.54 Å². The van der Waals surface area contributed by atoms with Crippen LogP contribution in [0.1, 0.15) is 47.5 Å². The van der Waals surface area contributed by atoms with E-state index in [-0.39, 0.29) is 0 Å². The second kappa shape index (κ2) is 3.60. The molecule has 1 saturated heterocycles. The van der Waals surface area contributed by atoms with Crippen molar-refractivity contribution in [2.45, 2.75) is 47.5 Å². The Morgan fingerprint density at radius 2 is 1.79 bits per heavy atom. The van der Waals surface area contributed by atoms with Gasteiger partial charge in [-0.05, 0) is 29.6 Å². The standard InChI is InChI=1S/C13H25N/c1-10-7-8-11(9-14-10)13(5,6)12(2,3)4/h11,14H,1,7-9H2,2-6H3. The van der Waals surface area contributed by atoms with E-state index in [1.165, 1.54) is 12.1 Å². The van der Waals surface area contributed by atoms with E-state index in [0.717, 1.165) is 18.9 Å². The molecular weight excluding hydrogens is 170 g/mol. The van der Waals surface area contributed by atoms with E-state index in [4.69, 9.17) is 0 Å². The van der Waals surface area contributed by atoms with Gasteiger partial charge in [-0.15, -0.1) is 0 Å². The first kappa shape index (κ1) is 11.6. The van der Waals surface area contributed by atoms with Crippen LogP contribution in [0.25, 0.3) is 0 Å². The highest BCUT2D eigenvalue weighted by molar-refractivity contribution is 5.00. The van der Waals surface area contributed by atoms with Crippen LogP contribution in [0.5, 0.6) is 0 Å². The predicted molar refractivity (Wildman–Crippen MR) is 63.1 cm³/mol. The van der Waals surface area contributed by atoms with Crippen LogP contribution >= 0.6 is 0 Å². The lowest BCUT2D eigenvalue weighted by molar-refractivity contribution is 0.0444. The maximum atomic E-state index is 3.98.